The van der Waals surface area contributed by atoms with Crippen LogP contribution in [0.5, 0.6) is 0 Å². The molecule has 0 amide bonds. The predicted molar refractivity (Wildman–Crippen MR) is 86.1 cm³/mol. The summed E-state index contributed by atoms with van der Waals surface area (Å²) < 4.78 is 37.6. The molecule has 1 atom stereocenters. The van der Waals surface area contributed by atoms with Crippen LogP contribution in [0.1, 0.15) is 39.4 Å². The molecule has 1 aliphatic rings. The van der Waals surface area contributed by atoms with Crippen molar-refractivity contribution in [3.8, 4) is 0 Å². The predicted octanol–water partition coefficient (Wildman–Crippen LogP) is 4.21. The maximum absolute atomic E-state index is 12.5. The Bertz CT molecular complexity index is 699. The van der Waals surface area contributed by atoms with Crippen molar-refractivity contribution in [2.75, 3.05) is 13.1 Å². The zero-order valence-corrected chi connectivity index (χ0v) is 13.1. The molecule has 1 N–H and O–H groups in total. The molecule has 2 aromatic carbocycles. The molecular formula is C19H18F3NO. The third-order valence-corrected chi connectivity index (χ3v) is 4.41. The third-order valence-electron chi connectivity index (χ3n) is 4.41. The van der Waals surface area contributed by atoms with Crippen molar-refractivity contribution in [1.29, 1.82) is 0 Å². The van der Waals surface area contributed by atoms with Gasteiger partial charge < -0.3 is 5.32 Å². The fourth-order valence-electron chi connectivity index (χ4n) is 2.98. The summed E-state index contributed by atoms with van der Waals surface area (Å²) in [7, 11) is 0. The van der Waals surface area contributed by atoms with Crippen molar-refractivity contribution in [3.05, 3.63) is 70.8 Å². The largest absolute Gasteiger partial charge is 0.416 e. The smallest absolute Gasteiger partial charge is 0.316 e. The molecule has 1 saturated heterocycles. The Labute approximate surface area is 138 Å². The fraction of sp³-hybridized carbons (Fsp3) is 0.316. The number of carbonyl (C=O) groups excluding carboxylic acids is 1. The average Bonchev–Trinajstić information content (AvgIpc) is 3.09. The normalized spacial score (nSPS) is 17.9. The van der Waals surface area contributed by atoms with Gasteiger partial charge in [0.15, 0.2) is 5.78 Å². The highest BCUT2D eigenvalue weighted by Gasteiger charge is 2.30. The molecule has 1 aliphatic heterocycles. The lowest BCUT2D eigenvalue weighted by Crippen LogP contribution is -2.08. The number of rotatable bonds is 4. The van der Waals surface area contributed by atoms with E-state index in [1.807, 2.05) is 24.3 Å². The molecule has 0 radical (unpaired) electrons. The van der Waals surface area contributed by atoms with Gasteiger partial charge in [0.25, 0.3) is 0 Å². The summed E-state index contributed by atoms with van der Waals surface area (Å²) in [6.07, 6.45) is -3.08. The van der Waals surface area contributed by atoms with E-state index in [1.54, 1.807) is 0 Å². The van der Waals surface area contributed by atoms with Gasteiger partial charge in [-0.25, -0.2) is 0 Å². The number of hydrogen-bond acceptors (Lipinski definition) is 2. The first-order valence-electron chi connectivity index (χ1n) is 7.93. The van der Waals surface area contributed by atoms with Crippen molar-refractivity contribution < 1.29 is 18.0 Å². The Kier molecular flexibility index (Phi) is 4.71. The molecule has 5 heteroatoms. The van der Waals surface area contributed by atoms with Gasteiger partial charge in [-0.05, 0) is 42.1 Å². The molecule has 126 valence electrons. The molecule has 24 heavy (non-hydrogen) atoms. The van der Waals surface area contributed by atoms with Crippen LogP contribution in [0.3, 0.4) is 0 Å². The molecule has 0 spiro atoms. The second kappa shape index (κ2) is 6.77. The molecular weight excluding hydrogens is 315 g/mol. The Balaban J connectivity index is 1.66. The monoisotopic (exact) mass is 333 g/mol. The van der Waals surface area contributed by atoms with Crippen LogP contribution in [-0.2, 0) is 12.6 Å². The molecule has 0 aromatic heterocycles. The first kappa shape index (κ1) is 16.7. The minimum absolute atomic E-state index is 0.181. The highest BCUT2D eigenvalue weighted by atomic mass is 19.4. The van der Waals surface area contributed by atoms with E-state index in [9.17, 15) is 18.0 Å². The molecule has 3 rings (SSSR count). The minimum atomic E-state index is -4.38. The molecule has 0 bridgehead atoms. The first-order chi connectivity index (χ1) is 11.4. The second-order valence-electron chi connectivity index (χ2n) is 6.11. The molecule has 0 aliphatic carbocycles. The first-order valence-corrected chi connectivity index (χ1v) is 7.93. The van der Waals surface area contributed by atoms with E-state index < -0.39 is 11.7 Å². The van der Waals surface area contributed by atoms with Crippen LogP contribution < -0.4 is 5.32 Å². The van der Waals surface area contributed by atoms with Crippen LogP contribution in [0.15, 0.2) is 48.5 Å². The summed E-state index contributed by atoms with van der Waals surface area (Å²) in [5, 5.41) is 3.32. The van der Waals surface area contributed by atoms with Gasteiger partial charge in [0.2, 0.25) is 0 Å². The molecule has 0 saturated carbocycles. The number of carbonyl (C=O) groups is 1. The zero-order chi connectivity index (χ0) is 17.2. The standard InChI is InChI=1S/C19H18F3NO/c20-19(21,22)17-7-5-15(6-8-17)18(24)11-13-1-3-14(4-2-13)16-9-10-23-12-16/h1-8,16,23H,9-12H2. The highest BCUT2D eigenvalue weighted by molar-refractivity contribution is 5.97. The Hall–Kier alpha value is -2.14. The maximum atomic E-state index is 12.5. The van der Waals surface area contributed by atoms with Gasteiger partial charge in [-0.3, -0.25) is 4.79 Å². The van der Waals surface area contributed by atoms with E-state index in [1.165, 1.54) is 17.7 Å². The second-order valence-corrected chi connectivity index (χ2v) is 6.11. The van der Waals surface area contributed by atoms with E-state index in [0.717, 1.165) is 37.2 Å². The van der Waals surface area contributed by atoms with Crippen molar-refractivity contribution in [3.63, 3.8) is 0 Å². The SMILES string of the molecule is O=C(Cc1ccc(C2CCNC2)cc1)c1ccc(C(F)(F)F)cc1. The van der Waals surface area contributed by atoms with Gasteiger partial charge in [0.05, 0.1) is 5.56 Å². The van der Waals surface area contributed by atoms with Crippen LogP contribution >= 0.6 is 0 Å². The fourth-order valence-corrected chi connectivity index (χ4v) is 2.98. The summed E-state index contributed by atoms with van der Waals surface area (Å²) in [4.78, 5) is 12.2. The van der Waals surface area contributed by atoms with Crippen LogP contribution in [0.25, 0.3) is 0 Å². The summed E-state index contributed by atoms with van der Waals surface area (Å²) in [5.74, 6) is 0.337. The maximum Gasteiger partial charge on any atom is 0.416 e. The van der Waals surface area contributed by atoms with Gasteiger partial charge in [-0.15, -0.1) is 0 Å². The van der Waals surface area contributed by atoms with E-state index in [2.05, 4.69) is 5.32 Å². The average molecular weight is 333 g/mol. The van der Waals surface area contributed by atoms with Gasteiger partial charge in [0, 0.05) is 18.5 Å². The Morgan fingerprint density at radius 3 is 2.25 bits per heavy atom. The number of alkyl halides is 3. The topological polar surface area (TPSA) is 29.1 Å². The summed E-state index contributed by atoms with van der Waals surface area (Å²) >= 11 is 0. The van der Waals surface area contributed by atoms with Gasteiger partial charge in [-0.2, -0.15) is 13.2 Å². The lowest BCUT2D eigenvalue weighted by Gasteiger charge is -2.10. The number of ketones is 1. The highest BCUT2D eigenvalue weighted by Crippen LogP contribution is 2.29. The number of nitrogens with one attached hydrogen (secondary N) is 1. The number of Topliss-reactive ketones (excluding diaryl/α,β-unsaturated/α-hetero) is 1. The van der Waals surface area contributed by atoms with E-state index in [-0.39, 0.29) is 12.2 Å². The zero-order valence-electron chi connectivity index (χ0n) is 13.1. The number of halogens is 3. The number of benzene rings is 2. The third kappa shape index (κ3) is 3.85. The van der Waals surface area contributed by atoms with Crippen molar-refractivity contribution in [2.24, 2.45) is 0 Å². The van der Waals surface area contributed by atoms with Crippen molar-refractivity contribution in [2.45, 2.75) is 24.9 Å². The Morgan fingerprint density at radius 1 is 1.04 bits per heavy atom. The quantitative estimate of drug-likeness (QED) is 0.850. The van der Waals surface area contributed by atoms with Crippen molar-refractivity contribution >= 4 is 5.78 Å². The van der Waals surface area contributed by atoms with Crippen LogP contribution in [-0.4, -0.2) is 18.9 Å². The van der Waals surface area contributed by atoms with Crippen LogP contribution in [0.2, 0.25) is 0 Å². The van der Waals surface area contributed by atoms with Crippen molar-refractivity contribution in [1.82, 2.24) is 5.32 Å². The van der Waals surface area contributed by atoms with Gasteiger partial charge in [-0.1, -0.05) is 36.4 Å². The molecule has 1 fully saturated rings. The summed E-state index contributed by atoms with van der Waals surface area (Å²) in [5.41, 5.74) is 1.68. The van der Waals surface area contributed by atoms with E-state index >= 15 is 0 Å². The molecule has 1 unspecified atom stereocenters. The van der Waals surface area contributed by atoms with Gasteiger partial charge >= 0.3 is 6.18 Å². The Morgan fingerprint density at radius 2 is 1.71 bits per heavy atom. The van der Waals surface area contributed by atoms with E-state index in [0.29, 0.717) is 11.5 Å². The minimum Gasteiger partial charge on any atom is -0.316 e. The van der Waals surface area contributed by atoms with Crippen LogP contribution in [0, 0.1) is 0 Å². The summed E-state index contributed by atoms with van der Waals surface area (Å²) in [6, 6.07) is 12.3. The van der Waals surface area contributed by atoms with Gasteiger partial charge in [0.1, 0.15) is 0 Å². The van der Waals surface area contributed by atoms with E-state index in [4.69, 9.17) is 0 Å². The summed E-state index contributed by atoms with van der Waals surface area (Å²) in [6.45, 7) is 2.00. The molecule has 1 heterocycles. The molecule has 2 aromatic rings. The lowest BCUT2D eigenvalue weighted by molar-refractivity contribution is -0.137. The lowest BCUT2D eigenvalue weighted by atomic mass is 9.95. The molecule has 2 nitrogen and oxygen atoms in total. The van der Waals surface area contributed by atoms with Crippen LogP contribution in [0.4, 0.5) is 13.2 Å². The number of hydrogen-bond donors (Lipinski definition) is 1.